The summed E-state index contributed by atoms with van der Waals surface area (Å²) >= 11 is 0. The number of likely N-dealkylation sites (tertiary alicyclic amines) is 1. The summed E-state index contributed by atoms with van der Waals surface area (Å²) in [5, 5.41) is 3.74. The van der Waals surface area contributed by atoms with Crippen LogP contribution in [0.2, 0.25) is 0 Å². The third kappa shape index (κ3) is 4.21. The molecule has 118 valence electrons. The van der Waals surface area contributed by atoms with E-state index >= 15 is 0 Å². The van der Waals surface area contributed by atoms with Crippen molar-refractivity contribution in [3.8, 4) is 0 Å². The number of piperidine rings is 1. The first-order valence-electron chi connectivity index (χ1n) is 8.82. The topological polar surface area (TPSA) is 15.3 Å². The molecular weight excluding hydrogens is 244 g/mol. The van der Waals surface area contributed by atoms with Crippen molar-refractivity contribution in [2.75, 3.05) is 19.6 Å². The van der Waals surface area contributed by atoms with Gasteiger partial charge in [-0.05, 0) is 70.8 Å². The van der Waals surface area contributed by atoms with Crippen molar-refractivity contribution < 1.29 is 0 Å². The molecule has 20 heavy (non-hydrogen) atoms. The van der Waals surface area contributed by atoms with E-state index in [1.807, 2.05) is 0 Å². The van der Waals surface area contributed by atoms with Gasteiger partial charge < -0.3 is 5.32 Å². The van der Waals surface area contributed by atoms with Crippen LogP contribution in [0, 0.1) is 11.3 Å². The molecule has 2 heteroatoms. The second kappa shape index (κ2) is 6.36. The Kier molecular flexibility index (Phi) is 5.18. The molecule has 0 aromatic carbocycles. The van der Waals surface area contributed by atoms with E-state index in [0.717, 1.165) is 18.5 Å². The fourth-order valence-corrected chi connectivity index (χ4v) is 4.01. The third-order valence-electron chi connectivity index (χ3n) is 5.59. The number of rotatable bonds is 5. The first-order valence-corrected chi connectivity index (χ1v) is 8.82. The van der Waals surface area contributed by atoms with E-state index in [1.54, 1.807) is 0 Å². The number of hydrogen-bond acceptors (Lipinski definition) is 2. The van der Waals surface area contributed by atoms with E-state index in [9.17, 15) is 0 Å². The molecule has 1 N–H and O–H groups in total. The molecule has 0 spiro atoms. The van der Waals surface area contributed by atoms with Gasteiger partial charge in [0.25, 0.3) is 0 Å². The largest absolute Gasteiger partial charge is 0.311 e. The van der Waals surface area contributed by atoms with Crippen molar-refractivity contribution in [3.05, 3.63) is 0 Å². The summed E-state index contributed by atoms with van der Waals surface area (Å²) in [6.45, 7) is 15.4. The molecule has 1 heterocycles. The lowest BCUT2D eigenvalue weighted by Gasteiger charge is -2.44. The molecule has 0 amide bonds. The quantitative estimate of drug-likeness (QED) is 0.817. The average Bonchev–Trinajstić information content (AvgIpc) is 2.85. The van der Waals surface area contributed by atoms with Crippen LogP contribution in [-0.4, -0.2) is 36.1 Å². The number of hydrogen-bond donors (Lipinski definition) is 1. The van der Waals surface area contributed by atoms with Crippen molar-refractivity contribution in [1.82, 2.24) is 10.2 Å². The van der Waals surface area contributed by atoms with Gasteiger partial charge in [0.2, 0.25) is 0 Å². The monoisotopic (exact) mass is 280 g/mol. The van der Waals surface area contributed by atoms with Crippen LogP contribution in [0.3, 0.4) is 0 Å². The minimum absolute atomic E-state index is 0.230. The highest BCUT2D eigenvalue weighted by Gasteiger charge is 2.37. The minimum Gasteiger partial charge on any atom is -0.311 e. The lowest BCUT2D eigenvalue weighted by Crippen LogP contribution is -2.51. The Bertz CT molecular complexity index is 307. The van der Waals surface area contributed by atoms with Crippen molar-refractivity contribution in [3.63, 3.8) is 0 Å². The zero-order valence-electron chi connectivity index (χ0n) is 14.5. The van der Waals surface area contributed by atoms with E-state index in [4.69, 9.17) is 0 Å². The molecule has 2 fully saturated rings. The Hall–Kier alpha value is -0.0800. The van der Waals surface area contributed by atoms with Gasteiger partial charge in [0.1, 0.15) is 0 Å². The molecule has 1 saturated heterocycles. The molecule has 2 nitrogen and oxygen atoms in total. The van der Waals surface area contributed by atoms with Crippen LogP contribution < -0.4 is 5.32 Å². The Morgan fingerprint density at radius 1 is 1.05 bits per heavy atom. The van der Waals surface area contributed by atoms with E-state index in [0.29, 0.717) is 5.41 Å². The number of nitrogens with zero attached hydrogens (tertiary/aromatic N) is 1. The van der Waals surface area contributed by atoms with Crippen LogP contribution in [0.4, 0.5) is 0 Å². The molecule has 2 aliphatic rings. The molecule has 1 aliphatic carbocycles. The SMILES string of the molecule is CCC(C)(CNC(C)(C)C)CN1CCCC2CCCC21. The maximum absolute atomic E-state index is 3.74. The molecule has 1 aliphatic heterocycles. The maximum Gasteiger partial charge on any atom is 0.0124 e. The summed E-state index contributed by atoms with van der Waals surface area (Å²) in [5.41, 5.74) is 0.645. The van der Waals surface area contributed by atoms with Crippen molar-refractivity contribution >= 4 is 0 Å². The van der Waals surface area contributed by atoms with Gasteiger partial charge in [-0.15, -0.1) is 0 Å². The summed E-state index contributed by atoms with van der Waals surface area (Å²) in [6, 6.07) is 0.907. The average molecular weight is 280 g/mol. The third-order valence-corrected chi connectivity index (χ3v) is 5.59. The van der Waals surface area contributed by atoms with Gasteiger partial charge in [-0.25, -0.2) is 0 Å². The van der Waals surface area contributed by atoms with Crippen molar-refractivity contribution in [1.29, 1.82) is 0 Å². The van der Waals surface area contributed by atoms with Crippen LogP contribution in [0.15, 0.2) is 0 Å². The fourth-order valence-electron chi connectivity index (χ4n) is 4.01. The molecule has 2 rings (SSSR count). The smallest absolute Gasteiger partial charge is 0.0124 e. The second-order valence-electron chi connectivity index (χ2n) is 8.64. The predicted octanol–water partition coefficient (Wildman–Crippen LogP) is 4.06. The highest BCUT2D eigenvalue weighted by Crippen LogP contribution is 2.38. The Balaban J connectivity index is 1.94. The molecule has 1 saturated carbocycles. The molecule has 0 radical (unpaired) electrons. The molecule has 0 aromatic heterocycles. The van der Waals surface area contributed by atoms with E-state index in [1.165, 1.54) is 51.6 Å². The van der Waals surface area contributed by atoms with Gasteiger partial charge in [0.15, 0.2) is 0 Å². The van der Waals surface area contributed by atoms with E-state index < -0.39 is 0 Å². The lowest BCUT2D eigenvalue weighted by molar-refractivity contribution is 0.0603. The Morgan fingerprint density at radius 2 is 1.75 bits per heavy atom. The van der Waals surface area contributed by atoms with Gasteiger partial charge >= 0.3 is 0 Å². The predicted molar refractivity (Wildman–Crippen MR) is 88.1 cm³/mol. The van der Waals surface area contributed by atoms with Crippen LogP contribution in [0.25, 0.3) is 0 Å². The zero-order valence-corrected chi connectivity index (χ0v) is 14.5. The molecule has 0 bridgehead atoms. The lowest BCUT2D eigenvalue weighted by atomic mass is 9.83. The van der Waals surface area contributed by atoms with Gasteiger partial charge in [-0.2, -0.15) is 0 Å². The van der Waals surface area contributed by atoms with E-state index in [2.05, 4.69) is 44.8 Å². The fraction of sp³-hybridized carbons (Fsp3) is 1.00. The van der Waals surface area contributed by atoms with Crippen LogP contribution in [-0.2, 0) is 0 Å². The second-order valence-corrected chi connectivity index (χ2v) is 8.64. The highest BCUT2D eigenvalue weighted by molar-refractivity contribution is 4.92. The zero-order chi connectivity index (χ0) is 14.8. The Morgan fingerprint density at radius 3 is 2.40 bits per heavy atom. The maximum atomic E-state index is 3.74. The minimum atomic E-state index is 0.230. The van der Waals surface area contributed by atoms with Gasteiger partial charge in [-0.3, -0.25) is 4.90 Å². The summed E-state index contributed by atoms with van der Waals surface area (Å²) < 4.78 is 0. The first-order chi connectivity index (χ1) is 9.33. The van der Waals surface area contributed by atoms with Crippen LogP contribution in [0.5, 0.6) is 0 Å². The summed E-state index contributed by atoms with van der Waals surface area (Å²) in [5.74, 6) is 1.01. The normalized spacial score (nSPS) is 31.1. The van der Waals surface area contributed by atoms with Crippen LogP contribution in [0.1, 0.15) is 73.1 Å². The standard InChI is InChI=1S/C18H36N2/c1-6-18(5,13-19-17(2,3)4)14-20-12-8-10-15-9-7-11-16(15)20/h15-16,19H,6-14H2,1-5H3. The van der Waals surface area contributed by atoms with Crippen LogP contribution >= 0.6 is 0 Å². The number of nitrogens with one attached hydrogen (secondary N) is 1. The van der Waals surface area contributed by atoms with Gasteiger partial charge in [-0.1, -0.05) is 20.3 Å². The first kappa shape index (κ1) is 16.3. The van der Waals surface area contributed by atoms with Crippen molar-refractivity contribution in [2.24, 2.45) is 11.3 Å². The molecular formula is C18H36N2. The molecule has 3 atom stereocenters. The highest BCUT2D eigenvalue weighted by atomic mass is 15.2. The summed E-state index contributed by atoms with van der Waals surface area (Å²) in [7, 11) is 0. The van der Waals surface area contributed by atoms with Gasteiger partial charge in [0, 0.05) is 24.7 Å². The number of fused-ring (bicyclic) bond motifs is 1. The molecule has 3 unspecified atom stereocenters. The van der Waals surface area contributed by atoms with Crippen molar-refractivity contribution in [2.45, 2.75) is 84.7 Å². The van der Waals surface area contributed by atoms with E-state index in [-0.39, 0.29) is 5.54 Å². The molecule has 0 aromatic rings. The Labute approximate surface area is 126 Å². The summed E-state index contributed by atoms with van der Waals surface area (Å²) in [4.78, 5) is 2.84. The summed E-state index contributed by atoms with van der Waals surface area (Å²) in [6.07, 6.45) is 8.60. The van der Waals surface area contributed by atoms with Gasteiger partial charge in [0.05, 0.1) is 0 Å².